The van der Waals surface area contributed by atoms with Gasteiger partial charge in [0.05, 0.1) is 29.1 Å². The van der Waals surface area contributed by atoms with Crippen molar-refractivity contribution in [1.29, 1.82) is 0 Å². The van der Waals surface area contributed by atoms with Crippen LogP contribution in [0.4, 0.5) is 17.1 Å². The van der Waals surface area contributed by atoms with Crippen LogP contribution < -0.4 is 20.2 Å². The molecule has 2 aromatic heterocycles. The number of para-hydroxylation sites is 3. The number of nitrogens with zero attached hydrogens (tertiary/aromatic N) is 4. The summed E-state index contributed by atoms with van der Waals surface area (Å²) in [7, 11) is -2.19. The molecule has 0 N–H and O–H groups in total. The molecule has 0 aliphatic carbocycles. The lowest BCUT2D eigenvalue weighted by Gasteiger charge is -2.27. The molecular formula is C36H36N4Si. The number of pyridine rings is 1. The zero-order valence-corrected chi connectivity index (χ0v) is 25.0. The summed E-state index contributed by atoms with van der Waals surface area (Å²) in [6, 6.07) is 36.3. The fraction of sp³-hybridized carbons (Fsp3) is 0.194. The Labute approximate surface area is 247 Å². The molecule has 1 aliphatic heterocycles. The third-order valence-electron chi connectivity index (χ3n) is 8.69. The molecule has 3 heterocycles. The molecule has 1 aliphatic rings. The van der Waals surface area contributed by atoms with Crippen molar-refractivity contribution in [3.63, 3.8) is 0 Å². The number of aromatic nitrogens is 2. The number of hydrogen-bond acceptors (Lipinski definition) is 3. The van der Waals surface area contributed by atoms with Crippen molar-refractivity contribution in [2.75, 3.05) is 23.4 Å². The van der Waals surface area contributed by atoms with Crippen molar-refractivity contribution in [3.05, 3.63) is 115 Å². The van der Waals surface area contributed by atoms with Gasteiger partial charge in [-0.05, 0) is 60.0 Å². The van der Waals surface area contributed by atoms with Crippen molar-refractivity contribution in [2.24, 2.45) is 0 Å². The monoisotopic (exact) mass is 555 g/mol. The molecule has 204 valence electrons. The van der Waals surface area contributed by atoms with Gasteiger partial charge >= 0.3 is 0 Å². The highest BCUT2D eigenvalue weighted by molar-refractivity contribution is 7.00. The van der Waals surface area contributed by atoms with E-state index >= 15 is 0 Å². The van der Waals surface area contributed by atoms with E-state index in [1.165, 1.54) is 31.6 Å². The van der Waals surface area contributed by atoms with Crippen molar-refractivity contribution < 1.29 is 4.11 Å². The van der Waals surface area contributed by atoms with Crippen LogP contribution in [0.15, 0.2) is 109 Å². The van der Waals surface area contributed by atoms with Crippen LogP contribution in [0, 0.1) is 0 Å². The number of hydrogen-bond donors (Lipinski definition) is 0. The van der Waals surface area contributed by atoms with E-state index in [1.807, 2.05) is 30.5 Å². The van der Waals surface area contributed by atoms with E-state index < -0.39 is 15.0 Å². The van der Waals surface area contributed by atoms with Crippen molar-refractivity contribution in [1.82, 2.24) is 9.55 Å². The Kier molecular flexibility index (Phi) is 5.25. The van der Waals surface area contributed by atoms with Crippen LogP contribution in [-0.2, 0) is 0 Å². The number of anilines is 3. The summed E-state index contributed by atoms with van der Waals surface area (Å²) in [6.45, 7) is 7.29. The van der Waals surface area contributed by atoms with Gasteiger partial charge in [0, 0.05) is 33.7 Å². The zero-order valence-electron chi connectivity index (χ0n) is 27.0. The first-order valence-electron chi connectivity index (χ1n) is 15.8. The molecule has 41 heavy (non-hydrogen) atoms. The average molecular weight is 556 g/mol. The van der Waals surface area contributed by atoms with Gasteiger partial charge in [0.2, 0.25) is 0 Å². The molecule has 0 radical (unpaired) electrons. The lowest BCUT2D eigenvalue weighted by Crippen LogP contribution is -2.53. The molecule has 0 bridgehead atoms. The fourth-order valence-electron chi connectivity index (χ4n) is 6.19. The summed E-state index contributed by atoms with van der Waals surface area (Å²) >= 11 is 0. The third-order valence-corrected chi connectivity index (χ3v) is 12.2. The molecule has 4 nitrogen and oxygen atoms in total. The van der Waals surface area contributed by atoms with Gasteiger partial charge in [-0.3, -0.25) is 4.57 Å². The minimum absolute atomic E-state index is 0.287. The topological polar surface area (TPSA) is 24.3 Å². The molecule has 0 saturated carbocycles. The standard InChI is InChI=1S/C36H36N4Si/c1-25(2)26-19-20-37-36(21-26)40-32-14-7-6-13-30(32)31-18-17-29(23-35(31)40)41(4,5)28-12-10-11-27(22-28)39-24-38(3)33-15-8-9-16-34(33)39/h6-23,25H,24H2,1-5H3/i3D3. The first-order chi connectivity index (χ1) is 21.0. The Bertz CT molecular complexity index is 2030. The molecule has 0 saturated heterocycles. The molecule has 0 amide bonds. The summed E-state index contributed by atoms with van der Waals surface area (Å²) in [5.41, 5.74) is 6.25. The molecule has 0 unspecified atom stereocenters. The van der Waals surface area contributed by atoms with E-state index in [9.17, 15) is 0 Å². The van der Waals surface area contributed by atoms with Crippen LogP contribution in [-0.4, -0.2) is 31.3 Å². The number of rotatable bonds is 5. The number of benzene rings is 4. The fourth-order valence-corrected chi connectivity index (χ4v) is 8.54. The van der Waals surface area contributed by atoms with E-state index in [0.29, 0.717) is 5.92 Å². The van der Waals surface area contributed by atoms with E-state index in [4.69, 9.17) is 9.10 Å². The van der Waals surface area contributed by atoms with Crippen LogP contribution in [0.5, 0.6) is 0 Å². The molecule has 7 rings (SSSR count). The van der Waals surface area contributed by atoms with Crippen LogP contribution >= 0.6 is 0 Å². The Hall–Kier alpha value is -4.35. The molecule has 5 heteroatoms. The molecule has 6 aromatic rings. The molecule has 0 spiro atoms. The van der Waals surface area contributed by atoms with Gasteiger partial charge in [-0.2, -0.15) is 0 Å². The largest absolute Gasteiger partial charge is 0.355 e. The van der Waals surface area contributed by atoms with Gasteiger partial charge in [0.1, 0.15) is 13.9 Å². The second-order valence-corrected chi connectivity index (χ2v) is 16.3. The zero-order chi connectivity index (χ0) is 30.8. The van der Waals surface area contributed by atoms with Gasteiger partial charge in [-0.15, -0.1) is 0 Å². The third kappa shape index (κ3) is 4.15. The molecular weight excluding hydrogens is 517 g/mol. The van der Waals surface area contributed by atoms with Gasteiger partial charge in [0.15, 0.2) is 0 Å². The summed E-state index contributed by atoms with van der Waals surface area (Å²) in [4.78, 5) is 8.46. The minimum Gasteiger partial charge on any atom is -0.355 e. The van der Waals surface area contributed by atoms with E-state index in [-0.39, 0.29) is 6.67 Å². The first kappa shape index (κ1) is 22.3. The van der Waals surface area contributed by atoms with Crippen LogP contribution in [0.2, 0.25) is 13.1 Å². The summed E-state index contributed by atoms with van der Waals surface area (Å²) in [5.74, 6) is 1.35. The molecule has 0 atom stereocenters. The second kappa shape index (κ2) is 9.63. The highest BCUT2D eigenvalue weighted by Gasteiger charge is 2.30. The maximum absolute atomic E-state index is 8.12. The Morgan fingerprint density at radius 2 is 1.51 bits per heavy atom. The first-order valence-corrected chi connectivity index (χ1v) is 17.3. The van der Waals surface area contributed by atoms with Crippen molar-refractivity contribution >= 4 is 57.3 Å². The Morgan fingerprint density at radius 3 is 2.34 bits per heavy atom. The van der Waals surface area contributed by atoms with E-state index in [0.717, 1.165) is 33.9 Å². The van der Waals surface area contributed by atoms with Crippen LogP contribution in [0.1, 0.15) is 29.4 Å². The van der Waals surface area contributed by atoms with Crippen molar-refractivity contribution in [3.8, 4) is 5.82 Å². The van der Waals surface area contributed by atoms with Gasteiger partial charge in [-0.1, -0.05) is 91.9 Å². The maximum Gasteiger partial charge on any atom is 0.137 e. The number of fused-ring (bicyclic) bond motifs is 4. The van der Waals surface area contributed by atoms with E-state index in [2.05, 4.69) is 115 Å². The van der Waals surface area contributed by atoms with Crippen LogP contribution in [0.3, 0.4) is 0 Å². The predicted molar refractivity (Wildman–Crippen MR) is 178 cm³/mol. The van der Waals surface area contributed by atoms with Gasteiger partial charge in [-0.25, -0.2) is 4.98 Å². The quantitative estimate of drug-likeness (QED) is 0.204. The normalized spacial score (nSPS) is 14.9. The highest BCUT2D eigenvalue weighted by atomic mass is 28.3. The highest BCUT2D eigenvalue weighted by Crippen LogP contribution is 2.39. The van der Waals surface area contributed by atoms with Crippen LogP contribution in [0.25, 0.3) is 27.6 Å². The lowest BCUT2D eigenvalue weighted by molar-refractivity contribution is 0.858. The molecule has 0 fully saturated rings. The van der Waals surface area contributed by atoms with Gasteiger partial charge < -0.3 is 9.80 Å². The SMILES string of the molecule is [2H]C([2H])([2H])N1CN(c2cccc([Si](C)(C)c3ccc4c5ccccc5n(-c5cc(C(C)C)ccn5)c4c3)c2)c2ccccc21. The second-order valence-electron chi connectivity index (χ2n) is 11.8. The minimum atomic E-state index is -2.21. The predicted octanol–water partition coefficient (Wildman–Crippen LogP) is 7.67. The lowest BCUT2D eigenvalue weighted by atomic mass is 10.1. The summed E-state index contributed by atoms with van der Waals surface area (Å²) < 4.78 is 26.7. The van der Waals surface area contributed by atoms with E-state index in [1.54, 1.807) is 0 Å². The average Bonchev–Trinajstić information content (AvgIpc) is 3.58. The summed E-state index contributed by atoms with van der Waals surface area (Å²) in [6.07, 6.45) is 1.92. The maximum atomic E-state index is 8.12. The molecule has 4 aromatic carbocycles. The summed E-state index contributed by atoms with van der Waals surface area (Å²) in [5, 5.41) is 5.07. The van der Waals surface area contributed by atoms with Gasteiger partial charge in [0.25, 0.3) is 0 Å². The smallest absolute Gasteiger partial charge is 0.137 e. The van der Waals surface area contributed by atoms with Crippen molar-refractivity contribution in [2.45, 2.75) is 32.9 Å². The Morgan fingerprint density at radius 1 is 0.756 bits per heavy atom. The Balaban J connectivity index is 1.34.